The van der Waals surface area contributed by atoms with Crippen molar-refractivity contribution in [3.05, 3.63) is 24.2 Å². The van der Waals surface area contributed by atoms with Gasteiger partial charge >= 0.3 is 0 Å². The highest BCUT2D eigenvalue weighted by atomic mass is 14.9. The number of H-pyrrole nitrogens is 1. The Morgan fingerprint density at radius 1 is 1.38 bits per heavy atom. The van der Waals surface area contributed by atoms with E-state index in [4.69, 9.17) is 5.73 Å². The molecule has 0 aliphatic heterocycles. The number of pyridine rings is 1. The number of hydrogen-bond donors (Lipinski definition) is 2. The first-order valence-corrected chi connectivity index (χ1v) is 4.16. The number of aromatic amines is 1. The molecule has 0 saturated heterocycles. The third-order valence-corrected chi connectivity index (χ3v) is 2.02. The summed E-state index contributed by atoms with van der Waals surface area (Å²) in [5.41, 5.74) is 8.25. The average molecular weight is 176 g/mol. The predicted octanol–water partition coefficient (Wildman–Crippen LogP) is 1.15. The molecule has 2 heterocycles. The van der Waals surface area contributed by atoms with Gasteiger partial charge in [0.15, 0.2) is 5.65 Å². The monoisotopic (exact) mass is 176 g/mol. The SMILES string of the molecule is CC(C)(N)c1cnc2nc[nH]c2c1. The Labute approximate surface area is 76.2 Å². The van der Waals surface area contributed by atoms with E-state index < -0.39 is 0 Å². The summed E-state index contributed by atoms with van der Waals surface area (Å²) < 4.78 is 0. The zero-order chi connectivity index (χ0) is 9.47. The topological polar surface area (TPSA) is 67.6 Å². The highest BCUT2D eigenvalue weighted by Gasteiger charge is 2.15. The van der Waals surface area contributed by atoms with E-state index >= 15 is 0 Å². The van der Waals surface area contributed by atoms with E-state index in [2.05, 4.69) is 15.0 Å². The molecule has 0 aliphatic carbocycles. The van der Waals surface area contributed by atoms with Crippen LogP contribution >= 0.6 is 0 Å². The minimum absolute atomic E-state index is 0.355. The normalized spacial score (nSPS) is 12.2. The third-order valence-electron chi connectivity index (χ3n) is 2.02. The van der Waals surface area contributed by atoms with Crippen LogP contribution in [0.1, 0.15) is 19.4 Å². The Kier molecular flexibility index (Phi) is 1.60. The molecule has 4 heteroatoms. The van der Waals surface area contributed by atoms with Gasteiger partial charge in [0.05, 0.1) is 11.8 Å². The van der Waals surface area contributed by atoms with E-state index in [1.54, 1.807) is 12.5 Å². The number of hydrogen-bond acceptors (Lipinski definition) is 3. The zero-order valence-corrected chi connectivity index (χ0v) is 7.70. The summed E-state index contributed by atoms with van der Waals surface area (Å²) >= 11 is 0. The van der Waals surface area contributed by atoms with E-state index in [1.165, 1.54) is 0 Å². The van der Waals surface area contributed by atoms with Crippen LogP contribution in [0.4, 0.5) is 0 Å². The van der Waals surface area contributed by atoms with Crippen LogP contribution in [0, 0.1) is 0 Å². The van der Waals surface area contributed by atoms with Gasteiger partial charge in [-0.05, 0) is 25.5 Å². The van der Waals surface area contributed by atoms with Crippen molar-refractivity contribution < 1.29 is 0 Å². The second kappa shape index (κ2) is 2.53. The van der Waals surface area contributed by atoms with Crippen molar-refractivity contribution in [2.24, 2.45) is 5.73 Å². The van der Waals surface area contributed by atoms with Crippen molar-refractivity contribution in [2.45, 2.75) is 19.4 Å². The first-order valence-electron chi connectivity index (χ1n) is 4.16. The maximum absolute atomic E-state index is 5.94. The van der Waals surface area contributed by atoms with Gasteiger partial charge in [-0.25, -0.2) is 9.97 Å². The van der Waals surface area contributed by atoms with Crippen LogP contribution < -0.4 is 5.73 Å². The predicted molar refractivity (Wildman–Crippen MR) is 51.1 cm³/mol. The highest BCUT2D eigenvalue weighted by molar-refractivity contribution is 5.70. The maximum atomic E-state index is 5.94. The Hall–Kier alpha value is -1.42. The van der Waals surface area contributed by atoms with Gasteiger partial charge in [-0.2, -0.15) is 0 Å². The fraction of sp³-hybridized carbons (Fsp3) is 0.333. The van der Waals surface area contributed by atoms with E-state index in [1.807, 2.05) is 19.9 Å². The summed E-state index contributed by atoms with van der Waals surface area (Å²) in [5.74, 6) is 0. The van der Waals surface area contributed by atoms with Gasteiger partial charge in [-0.15, -0.1) is 0 Å². The van der Waals surface area contributed by atoms with Crippen LogP contribution in [-0.4, -0.2) is 15.0 Å². The van der Waals surface area contributed by atoms with Crippen molar-refractivity contribution in [1.29, 1.82) is 0 Å². The quantitative estimate of drug-likeness (QED) is 0.685. The van der Waals surface area contributed by atoms with Gasteiger partial charge in [-0.3, -0.25) is 0 Å². The minimum atomic E-state index is -0.355. The lowest BCUT2D eigenvalue weighted by molar-refractivity contribution is 0.553. The molecule has 0 bridgehead atoms. The van der Waals surface area contributed by atoms with Gasteiger partial charge in [0.25, 0.3) is 0 Å². The third kappa shape index (κ3) is 1.40. The molecule has 0 amide bonds. The summed E-state index contributed by atoms with van der Waals surface area (Å²) in [7, 11) is 0. The van der Waals surface area contributed by atoms with Crippen LogP contribution in [0.3, 0.4) is 0 Å². The first kappa shape index (κ1) is 8.19. The molecule has 0 aromatic carbocycles. The van der Waals surface area contributed by atoms with Crippen molar-refractivity contribution in [3.63, 3.8) is 0 Å². The van der Waals surface area contributed by atoms with Crippen molar-refractivity contribution in [2.75, 3.05) is 0 Å². The number of aromatic nitrogens is 3. The van der Waals surface area contributed by atoms with Crippen LogP contribution in [0.2, 0.25) is 0 Å². The number of rotatable bonds is 1. The minimum Gasteiger partial charge on any atom is -0.343 e. The average Bonchev–Trinajstić information content (AvgIpc) is 2.47. The summed E-state index contributed by atoms with van der Waals surface area (Å²) in [6.45, 7) is 3.90. The van der Waals surface area contributed by atoms with Crippen LogP contribution in [-0.2, 0) is 5.54 Å². The summed E-state index contributed by atoms with van der Waals surface area (Å²) in [6, 6.07) is 1.98. The van der Waals surface area contributed by atoms with E-state index in [0.717, 1.165) is 16.7 Å². The summed E-state index contributed by atoms with van der Waals surface area (Å²) in [5, 5.41) is 0. The summed E-state index contributed by atoms with van der Waals surface area (Å²) in [4.78, 5) is 11.2. The Morgan fingerprint density at radius 3 is 2.85 bits per heavy atom. The molecular weight excluding hydrogens is 164 g/mol. The first-order chi connectivity index (χ1) is 6.07. The van der Waals surface area contributed by atoms with Crippen molar-refractivity contribution >= 4 is 11.2 Å². The second-order valence-corrected chi connectivity index (χ2v) is 3.72. The number of imidazole rings is 1. The van der Waals surface area contributed by atoms with E-state index in [0.29, 0.717) is 0 Å². The molecule has 2 aromatic rings. The molecule has 0 atom stereocenters. The molecule has 0 fully saturated rings. The van der Waals surface area contributed by atoms with Crippen molar-refractivity contribution in [1.82, 2.24) is 15.0 Å². The highest BCUT2D eigenvalue weighted by Crippen LogP contribution is 2.18. The number of nitrogens with zero attached hydrogens (tertiary/aromatic N) is 2. The molecule has 0 aliphatic rings. The van der Waals surface area contributed by atoms with Crippen molar-refractivity contribution in [3.8, 4) is 0 Å². The molecule has 0 unspecified atom stereocenters. The fourth-order valence-corrected chi connectivity index (χ4v) is 1.18. The Balaban J connectivity index is 2.61. The van der Waals surface area contributed by atoms with Crippen LogP contribution in [0.5, 0.6) is 0 Å². The second-order valence-electron chi connectivity index (χ2n) is 3.72. The standard InChI is InChI=1S/C9H12N4/c1-9(2,10)6-3-7-8(11-4-6)13-5-12-7/h3-5H,10H2,1-2H3,(H,11,12,13). The smallest absolute Gasteiger partial charge is 0.177 e. The number of nitrogens with one attached hydrogen (secondary N) is 1. The van der Waals surface area contributed by atoms with Gasteiger partial charge in [-0.1, -0.05) is 0 Å². The van der Waals surface area contributed by atoms with Gasteiger partial charge < -0.3 is 10.7 Å². The van der Waals surface area contributed by atoms with Gasteiger partial charge in [0, 0.05) is 11.7 Å². The fourth-order valence-electron chi connectivity index (χ4n) is 1.18. The molecule has 0 spiro atoms. The molecule has 2 aromatic heterocycles. The number of fused-ring (bicyclic) bond motifs is 1. The molecular formula is C9H12N4. The number of nitrogens with two attached hydrogens (primary N) is 1. The Bertz CT molecular complexity index is 424. The largest absolute Gasteiger partial charge is 0.343 e. The lowest BCUT2D eigenvalue weighted by Gasteiger charge is -2.17. The lowest BCUT2D eigenvalue weighted by Crippen LogP contribution is -2.28. The molecule has 0 radical (unpaired) electrons. The Morgan fingerprint density at radius 2 is 2.15 bits per heavy atom. The van der Waals surface area contributed by atoms with Crippen LogP contribution in [0.25, 0.3) is 11.2 Å². The molecule has 2 rings (SSSR count). The zero-order valence-electron chi connectivity index (χ0n) is 7.70. The molecule has 4 nitrogen and oxygen atoms in total. The molecule has 0 saturated carbocycles. The van der Waals surface area contributed by atoms with Gasteiger partial charge in [0.2, 0.25) is 0 Å². The van der Waals surface area contributed by atoms with E-state index in [9.17, 15) is 0 Å². The molecule has 3 N–H and O–H groups in total. The van der Waals surface area contributed by atoms with Gasteiger partial charge in [0.1, 0.15) is 0 Å². The summed E-state index contributed by atoms with van der Waals surface area (Å²) in [6.07, 6.45) is 3.40. The molecule has 13 heavy (non-hydrogen) atoms. The molecule has 68 valence electrons. The lowest BCUT2D eigenvalue weighted by atomic mass is 9.97. The maximum Gasteiger partial charge on any atom is 0.177 e. The van der Waals surface area contributed by atoms with E-state index in [-0.39, 0.29) is 5.54 Å². The van der Waals surface area contributed by atoms with Crippen LogP contribution in [0.15, 0.2) is 18.6 Å².